The highest BCUT2D eigenvalue weighted by molar-refractivity contribution is 6.30. The van der Waals surface area contributed by atoms with E-state index < -0.39 is 0 Å². The number of hydrogen-bond donors (Lipinski definition) is 0. The SMILES string of the molecule is COC(=O)/C(=C/c1ccc(Cl)cc1)CN(C)C. The van der Waals surface area contributed by atoms with Crippen molar-refractivity contribution in [1.29, 1.82) is 0 Å². The van der Waals surface area contributed by atoms with E-state index in [1.165, 1.54) is 7.11 Å². The lowest BCUT2D eigenvalue weighted by molar-refractivity contribution is -0.136. The number of carbonyl (C=O) groups is 1. The lowest BCUT2D eigenvalue weighted by Crippen LogP contribution is -2.20. The normalized spacial score (nSPS) is 11.7. The summed E-state index contributed by atoms with van der Waals surface area (Å²) in [6.07, 6.45) is 1.81. The van der Waals surface area contributed by atoms with Crippen molar-refractivity contribution in [1.82, 2.24) is 4.90 Å². The largest absolute Gasteiger partial charge is 0.466 e. The minimum atomic E-state index is -0.311. The molecule has 0 saturated heterocycles. The van der Waals surface area contributed by atoms with Gasteiger partial charge in [0, 0.05) is 11.6 Å². The Labute approximate surface area is 107 Å². The number of likely N-dealkylation sites (N-methyl/N-ethyl adjacent to an activating group) is 1. The molecule has 0 bridgehead atoms. The van der Waals surface area contributed by atoms with Gasteiger partial charge in [0.05, 0.1) is 12.7 Å². The highest BCUT2D eigenvalue weighted by atomic mass is 35.5. The summed E-state index contributed by atoms with van der Waals surface area (Å²) in [5, 5.41) is 0.675. The van der Waals surface area contributed by atoms with Crippen molar-refractivity contribution >= 4 is 23.6 Å². The Balaban J connectivity index is 2.96. The number of rotatable bonds is 4. The number of methoxy groups -OCH3 is 1. The molecular formula is C13H16ClNO2. The van der Waals surface area contributed by atoms with Crippen LogP contribution < -0.4 is 0 Å². The second-order valence-electron chi connectivity index (χ2n) is 3.95. The fourth-order valence-electron chi connectivity index (χ4n) is 1.40. The molecule has 0 saturated carbocycles. The lowest BCUT2D eigenvalue weighted by atomic mass is 10.1. The van der Waals surface area contributed by atoms with E-state index in [4.69, 9.17) is 16.3 Å². The molecule has 1 aromatic carbocycles. The minimum absolute atomic E-state index is 0.311. The molecule has 0 atom stereocenters. The van der Waals surface area contributed by atoms with Crippen molar-refractivity contribution in [2.75, 3.05) is 27.7 Å². The summed E-state index contributed by atoms with van der Waals surface area (Å²) < 4.78 is 4.75. The van der Waals surface area contributed by atoms with E-state index in [1.807, 2.05) is 37.2 Å². The Morgan fingerprint density at radius 1 is 1.35 bits per heavy atom. The molecule has 0 unspecified atom stereocenters. The van der Waals surface area contributed by atoms with E-state index in [0.717, 1.165) is 5.56 Å². The molecule has 0 heterocycles. The molecule has 0 spiro atoms. The van der Waals surface area contributed by atoms with Crippen molar-refractivity contribution < 1.29 is 9.53 Å². The molecule has 0 N–H and O–H groups in total. The highest BCUT2D eigenvalue weighted by Crippen LogP contribution is 2.13. The van der Waals surface area contributed by atoms with Gasteiger partial charge in [0.25, 0.3) is 0 Å². The third-order valence-electron chi connectivity index (χ3n) is 2.15. The van der Waals surface area contributed by atoms with Gasteiger partial charge in [-0.05, 0) is 37.9 Å². The number of halogens is 1. The van der Waals surface area contributed by atoms with E-state index in [1.54, 1.807) is 12.1 Å². The maximum Gasteiger partial charge on any atom is 0.335 e. The van der Waals surface area contributed by atoms with Crippen LogP contribution in [0.4, 0.5) is 0 Å². The van der Waals surface area contributed by atoms with Gasteiger partial charge in [0.2, 0.25) is 0 Å². The average Bonchev–Trinajstić information content (AvgIpc) is 2.29. The first-order chi connectivity index (χ1) is 8.02. The van der Waals surface area contributed by atoms with Crippen molar-refractivity contribution in [3.63, 3.8) is 0 Å². The van der Waals surface area contributed by atoms with Gasteiger partial charge in [-0.25, -0.2) is 4.79 Å². The molecule has 17 heavy (non-hydrogen) atoms. The lowest BCUT2D eigenvalue weighted by Gasteiger charge is -2.11. The predicted octanol–water partition coefficient (Wildman–Crippen LogP) is 2.46. The van der Waals surface area contributed by atoms with Crippen LogP contribution in [0.3, 0.4) is 0 Å². The van der Waals surface area contributed by atoms with Gasteiger partial charge in [-0.15, -0.1) is 0 Å². The molecule has 0 fully saturated rings. The van der Waals surface area contributed by atoms with Gasteiger partial charge in [0.1, 0.15) is 0 Å². The summed E-state index contributed by atoms with van der Waals surface area (Å²) in [6, 6.07) is 7.30. The number of esters is 1. The summed E-state index contributed by atoms with van der Waals surface area (Å²) in [5.74, 6) is -0.311. The molecule has 4 heteroatoms. The van der Waals surface area contributed by atoms with Gasteiger partial charge >= 0.3 is 5.97 Å². The van der Waals surface area contributed by atoms with E-state index >= 15 is 0 Å². The third kappa shape index (κ3) is 4.59. The number of carbonyl (C=O) groups excluding carboxylic acids is 1. The molecule has 0 aliphatic heterocycles. The summed E-state index contributed by atoms with van der Waals surface area (Å²) >= 11 is 5.80. The van der Waals surface area contributed by atoms with Gasteiger partial charge < -0.3 is 9.64 Å². The van der Waals surface area contributed by atoms with Gasteiger partial charge in [-0.2, -0.15) is 0 Å². The zero-order valence-electron chi connectivity index (χ0n) is 10.2. The molecule has 3 nitrogen and oxygen atoms in total. The summed E-state index contributed by atoms with van der Waals surface area (Å²) in [5.41, 5.74) is 1.54. The monoisotopic (exact) mass is 253 g/mol. The van der Waals surface area contributed by atoms with Crippen LogP contribution in [0.2, 0.25) is 5.02 Å². The van der Waals surface area contributed by atoms with Gasteiger partial charge in [-0.1, -0.05) is 23.7 Å². The second-order valence-corrected chi connectivity index (χ2v) is 4.39. The fourth-order valence-corrected chi connectivity index (χ4v) is 1.53. The van der Waals surface area contributed by atoms with E-state index in [9.17, 15) is 4.79 Å². The summed E-state index contributed by atoms with van der Waals surface area (Å²) in [7, 11) is 5.19. The summed E-state index contributed by atoms with van der Waals surface area (Å²) in [6.45, 7) is 0.537. The van der Waals surface area contributed by atoms with Crippen LogP contribution in [0.15, 0.2) is 29.8 Å². The first-order valence-corrected chi connectivity index (χ1v) is 5.60. The first kappa shape index (κ1) is 13.7. The van der Waals surface area contributed by atoms with Crippen molar-refractivity contribution in [3.05, 3.63) is 40.4 Å². The second kappa shape index (κ2) is 6.42. The van der Waals surface area contributed by atoms with Crippen LogP contribution in [-0.2, 0) is 9.53 Å². The topological polar surface area (TPSA) is 29.5 Å². The first-order valence-electron chi connectivity index (χ1n) is 5.22. The maximum atomic E-state index is 11.6. The quantitative estimate of drug-likeness (QED) is 0.610. The Morgan fingerprint density at radius 3 is 2.41 bits per heavy atom. The zero-order chi connectivity index (χ0) is 12.8. The third-order valence-corrected chi connectivity index (χ3v) is 2.40. The van der Waals surface area contributed by atoms with Crippen LogP contribution in [-0.4, -0.2) is 38.6 Å². The zero-order valence-corrected chi connectivity index (χ0v) is 11.0. The smallest absolute Gasteiger partial charge is 0.335 e. The Morgan fingerprint density at radius 2 is 1.94 bits per heavy atom. The standard InChI is InChI=1S/C13H16ClNO2/c1-15(2)9-11(13(16)17-3)8-10-4-6-12(14)7-5-10/h4-8H,9H2,1-3H3/b11-8+. The number of ether oxygens (including phenoxy) is 1. The molecule has 0 aromatic heterocycles. The molecule has 0 radical (unpaired) electrons. The van der Waals surface area contributed by atoms with Gasteiger partial charge in [0.15, 0.2) is 0 Å². The molecule has 0 amide bonds. The van der Waals surface area contributed by atoms with Crippen molar-refractivity contribution in [2.24, 2.45) is 0 Å². The van der Waals surface area contributed by atoms with E-state index in [0.29, 0.717) is 17.1 Å². The predicted molar refractivity (Wildman–Crippen MR) is 70.0 cm³/mol. The molecule has 1 aromatic rings. The molecular weight excluding hydrogens is 238 g/mol. The maximum absolute atomic E-state index is 11.6. The fraction of sp³-hybridized carbons (Fsp3) is 0.308. The average molecular weight is 254 g/mol. The molecule has 0 aliphatic carbocycles. The number of benzene rings is 1. The van der Waals surface area contributed by atoms with Crippen molar-refractivity contribution in [3.8, 4) is 0 Å². The summed E-state index contributed by atoms with van der Waals surface area (Å²) in [4.78, 5) is 13.5. The van der Waals surface area contributed by atoms with Gasteiger partial charge in [-0.3, -0.25) is 0 Å². The van der Waals surface area contributed by atoms with Crippen LogP contribution in [0.25, 0.3) is 6.08 Å². The van der Waals surface area contributed by atoms with E-state index in [-0.39, 0.29) is 5.97 Å². The van der Waals surface area contributed by atoms with Crippen molar-refractivity contribution in [2.45, 2.75) is 0 Å². The van der Waals surface area contributed by atoms with Crippen LogP contribution in [0, 0.1) is 0 Å². The Kier molecular flexibility index (Phi) is 5.19. The van der Waals surface area contributed by atoms with Crippen LogP contribution in [0.1, 0.15) is 5.56 Å². The van der Waals surface area contributed by atoms with Crippen LogP contribution in [0.5, 0.6) is 0 Å². The molecule has 92 valence electrons. The number of nitrogens with zero attached hydrogens (tertiary/aromatic N) is 1. The number of hydrogen-bond acceptors (Lipinski definition) is 3. The highest BCUT2D eigenvalue weighted by Gasteiger charge is 2.10. The van der Waals surface area contributed by atoms with E-state index in [2.05, 4.69) is 0 Å². The minimum Gasteiger partial charge on any atom is -0.466 e. The Bertz CT molecular complexity index is 410. The molecule has 0 aliphatic rings. The molecule has 1 rings (SSSR count). The Hall–Kier alpha value is -1.32. The van der Waals surface area contributed by atoms with Crippen LogP contribution >= 0.6 is 11.6 Å².